The summed E-state index contributed by atoms with van der Waals surface area (Å²) in [5, 5.41) is 9.52. The molecule has 112 valence electrons. The van der Waals surface area contributed by atoms with Crippen molar-refractivity contribution in [3.8, 4) is 11.5 Å². The molecular formula is C13H15ClN4O3. The standard InChI is InChI=1S/C13H15ClN4O3/c1-6-11(15)12(18-17-6)13(19)16-8-4-7(14)9(20-2)5-10(8)21-3/h4-5H,15H2,1-3H3,(H,16,19)(H,17,18). The van der Waals surface area contributed by atoms with Crippen molar-refractivity contribution < 1.29 is 14.3 Å². The van der Waals surface area contributed by atoms with Gasteiger partial charge >= 0.3 is 0 Å². The van der Waals surface area contributed by atoms with Crippen LogP contribution in [0.5, 0.6) is 11.5 Å². The van der Waals surface area contributed by atoms with Gasteiger partial charge in [-0.15, -0.1) is 0 Å². The first kappa shape index (κ1) is 15.0. The molecule has 0 bridgehead atoms. The Kier molecular flexibility index (Phi) is 4.23. The number of anilines is 2. The lowest BCUT2D eigenvalue weighted by atomic mass is 10.2. The highest BCUT2D eigenvalue weighted by Crippen LogP contribution is 2.36. The molecule has 4 N–H and O–H groups in total. The van der Waals surface area contributed by atoms with E-state index in [4.69, 9.17) is 26.8 Å². The number of aryl methyl sites for hydroxylation is 1. The second kappa shape index (κ2) is 5.92. The second-order valence-electron chi connectivity index (χ2n) is 4.25. The van der Waals surface area contributed by atoms with E-state index < -0.39 is 5.91 Å². The summed E-state index contributed by atoms with van der Waals surface area (Å²) >= 11 is 6.04. The van der Waals surface area contributed by atoms with Gasteiger partial charge in [-0.05, 0) is 13.0 Å². The molecule has 0 saturated carbocycles. The number of nitrogens with zero attached hydrogens (tertiary/aromatic N) is 1. The second-order valence-corrected chi connectivity index (χ2v) is 4.66. The molecule has 1 amide bonds. The lowest BCUT2D eigenvalue weighted by molar-refractivity contribution is 0.102. The molecule has 0 saturated heterocycles. The number of amides is 1. The number of carbonyl (C=O) groups excluding carboxylic acids is 1. The first-order valence-corrected chi connectivity index (χ1v) is 6.39. The number of aromatic amines is 1. The molecule has 0 fully saturated rings. The molecule has 0 aliphatic carbocycles. The van der Waals surface area contributed by atoms with Crippen LogP contribution in [0.3, 0.4) is 0 Å². The molecule has 21 heavy (non-hydrogen) atoms. The normalized spacial score (nSPS) is 10.3. The summed E-state index contributed by atoms with van der Waals surface area (Å²) < 4.78 is 10.3. The van der Waals surface area contributed by atoms with Gasteiger partial charge in [0.15, 0.2) is 5.69 Å². The SMILES string of the molecule is COc1cc(OC)c(NC(=O)c2n[nH]c(C)c2N)cc1Cl. The zero-order valence-electron chi connectivity index (χ0n) is 11.8. The summed E-state index contributed by atoms with van der Waals surface area (Å²) in [6.45, 7) is 1.73. The van der Waals surface area contributed by atoms with Gasteiger partial charge in [0.1, 0.15) is 11.5 Å². The van der Waals surface area contributed by atoms with Crippen molar-refractivity contribution in [2.24, 2.45) is 0 Å². The van der Waals surface area contributed by atoms with Crippen LogP contribution in [-0.2, 0) is 0 Å². The molecule has 0 spiro atoms. The third-order valence-corrected chi connectivity index (χ3v) is 3.23. The molecule has 0 aliphatic rings. The van der Waals surface area contributed by atoms with Gasteiger partial charge < -0.3 is 20.5 Å². The number of nitrogen functional groups attached to an aromatic ring is 1. The van der Waals surface area contributed by atoms with E-state index >= 15 is 0 Å². The Bertz CT molecular complexity index is 684. The van der Waals surface area contributed by atoms with Crippen LogP contribution in [0.4, 0.5) is 11.4 Å². The van der Waals surface area contributed by atoms with Crippen LogP contribution in [0.15, 0.2) is 12.1 Å². The Hall–Kier alpha value is -2.41. The summed E-state index contributed by atoms with van der Waals surface area (Å²) in [4.78, 5) is 12.2. The third-order valence-electron chi connectivity index (χ3n) is 2.93. The number of H-pyrrole nitrogens is 1. The van der Waals surface area contributed by atoms with E-state index in [1.54, 1.807) is 13.0 Å². The number of halogens is 1. The number of aromatic nitrogens is 2. The van der Waals surface area contributed by atoms with Gasteiger partial charge in [-0.25, -0.2) is 0 Å². The molecule has 0 aliphatic heterocycles. The fourth-order valence-electron chi connectivity index (χ4n) is 1.75. The highest BCUT2D eigenvalue weighted by molar-refractivity contribution is 6.32. The smallest absolute Gasteiger partial charge is 0.278 e. The summed E-state index contributed by atoms with van der Waals surface area (Å²) in [6, 6.07) is 3.12. The zero-order valence-corrected chi connectivity index (χ0v) is 12.5. The summed E-state index contributed by atoms with van der Waals surface area (Å²) in [7, 11) is 2.97. The molecule has 0 atom stereocenters. The number of ether oxygens (including phenoxy) is 2. The van der Waals surface area contributed by atoms with Crippen LogP contribution in [0.1, 0.15) is 16.2 Å². The Morgan fingerprint density at radius 2 is 2.00 bits per heavy atom. The van der Waals surface area contributed by atoms with E-state index in [9.17, 15) is 4.79 Å². The molecule has 1 aromatic carbocycles. The van der Waals surface area contributed by atoms with Crippen LogP contribution >= 0.6 is 11.6 Å². The van der Waals surface area contributed by atoms with Crippen molar-refractivity contribution in [1.82, 2.24) is 10.2 Å². The quantitative estimate of drug-likeness (QED) is 0.803. The molecule has 1 aromatic heterocycles. The largest absolute Gasteiger partial charge is 0.495 e. The number of nitrogens with two attached hydrogens (primary N) is 1. The maximum atomic E-state index is 12.2. The van der Waals surface area contributed by atoms with Gasteiger partial charge in [0.2, 0.25) is 0 Å². The van der Waals surface area contributed by atoms with Crippen LogP contribution in [-0.4, -0.2) is 30.3 Å². The number of nitrogens with one attached hydrogen (secondary N) is 2. The molecule has 2 rings (SSSR count). The number of benzene rings is 1. The maximum absolute atomic E-state index is 12.2. The van der Waals surface area contributed by atoms with Gasteiger partial charge in [0, 0.05) is 6.07 Å². The summed E-state index contributed by atoms with van der Waals surface area (Å²) in [5.41, 5.74) is 7.20. The first-order chi connectivity index (χ1) is 9.97. The first-order valence-electron chi connectivity index (χ1n) is 6.01. The molecule has 0 unspecified atom stereocenters. The van der Waals surface area contributed by atoms with Crippen molar-refractivity contribution in [2.45, 2.75) is 6.92 Å². The van der Waals surface area contributed by atoms with Crippen molar-refractivity contribution in [2.75, 3.05) is 25.3 Å². The van der Waals surface area contributed by atoms with Gasteiger partial charge in [-0.3, -0.25) is 9.89 Å². The molecule has 8 heteroatoms. The molecule has 7 nitrogen and oxygen atoms in total. The summed E-state index contributed by atoms with van der Waals surface area (Å²) in [5.74, 6) is 0.397. The molecule has 0 radical (unpaired) electrons. The van der Waals surface area contributed by atoms with Crippen molar-refractivity contribution >= 4 is 28.9 Å². The number of hydrogen-bond acceptors (Lipinski definition) is 5. The monoisotopic (exact) mass is 310 g/mol. The van der Waals surface area contributed by atoms with E-state index in [1.807, 2.05) is 0 Å². The van der Waals surface area contributed by atoms with Gasteiger partial charge in [0.05, 0.1) is 36.3 Å². The van der Waals surface area contributed by atoms with Gasteiger partial charge in [-0.1, -0.05) is 11.6 Å². The fourth-order valence-corrected chi connectivity index (χ4v) is 1.99. The zero-order chi connectivity index (χ0) is 15.6. The fraction of sp³-hybridized carbons (Fsp3) is 0.231. The minimum absolute atomic E-state index is 0.112. The van der Waals surface area contributed by atoms with Crippen molar-refractivity contribution in [1.29, 1.82) is 0 Å². The van der Waals surface area contributed by atoms with Gasteiger partial charge in [0.25, 0.3) is 5.91 Å². The van der Waals surface area contributed by atoms with E-state index in [0.29, 0.717) is 33.6 Å². The Morgan fingerprint density at radius 1 is 1.33 bits per heavy atom. The van der Waals surface area contributed by atoms with Crippen LogP contribution in [0, 0.1) is 6.92 Å². The van der Waals surface area contributed by atoms with E-state index in [-0.39, 0.29) is 5.69 Å². The highest BCUT2D eigenvalue weighted by Gasteiger charge is 2.18. The number of hydrogen-bond donors (Lipinski definition) is 3. The van der Waals surface area contributed by atoms with Crippen LogP contribution in [0.25, 0.3) is 0 Å². The highest BCUT2D eigenvalue weighted by atomic mass is 35.5. The summed E-state index contributed by atoms with van der Waals surface area (Å²) in [6.07, 6.45) is 0. The minimum Gasteiger partial charge on any atom is -0.495 e. The topological polar surface area (TPSA) is 102 Å². The third kappa shape index (κ3) is 2.87. The van der Waals surface area contributed by atoms with E-state index in [0.717, 1.165) is 0 Å². The van der Waals surface area contributed by atoms with Crippen LogP contribution < -0.4 is 20.5 Å². The average molecular weight is 311 g/mol. The number of carbonyl (C=O) groups is 1. The van der Waals surface area contributed by atoms with Gasteiger partial charge in [-0.2, -0.15) is 5.10 Å². The molecule has 2 aromatic rings. The number of rotatable bonds is 4. The number of methoxy groups -OCH3 is 2. The van der Waals surface area contributed by atoms with Crippen LogP contribution in [0.2, 0.25) is 5.02 Å². The Balaban J connectivity index is 2.33. The van der Waals surface area contributed by atoms with Crippen molar-refractivity contribution in [3.05, 3.63) is 28.5 Å². The van der Waals surface area contributed by atoms with E-state index in [2.05, 4.69) is 15.5 Å². The average Bonchev–Trinajstić information content (AvgIpc) is 2.79. The van der Waals surface area contributed by atoms with E-state index in [1.165, 1.54) is 20.3 Å². The lowest BCUT2D eigenvalue weighted by Crippen LogP contribution is -2.15. The maximum Gasteiger partial charge on any atom is 0.278 e. The Labute approximate surface area is 126 Å². The Morgan fingerprint density at radius 3 is 2.52 bits per heavy atom. The molecule has 1 heterocycles. The lowest BCUT2D eigenvalue weighted by Gasteiger charge is -2.12. The predicted octanol–water partition coefficient (Wildman–Crippen LogP) is 2.22. The van der Waals surface area contributed by atoms with Crippen molar-refractivity contribution in [3.63, 3.8) is 0 Å². The minimum atomic E-state index is -0.462. The predicted molar refractivity (Wildman–Crippen MR) is 80.2 cm³/mol. The molecular weight excluding hydrogens is 296 g/mol.